The minimum atomic E-state index is 0.574. The molecule has 4 N–H and O–H groups in total. The van der Waals surface area contributed by atoms with Crippen LogP contribution in [0.5, 0.6) is 0 Å². The summed E-state index contributed by atoms with van der Waals surface area (Å²) in [4.78, 5) is 0. The zero-order valence-corrected chi connectivity index (χ0v) is 14.3. The third-order valence-corrected chi connectivity index (χ3v) is 3.12. The van der Waals surface area contributed by atoms with Crippen molar-refractivity contribution in [2.75, 3.05) is 25.2 Å². The number of ether oxygens (including phenoxy) is 2. The maximum Gasteiger partial charge on any atom is 0.0736 e. The number of nitrogens with two attached hydrogens (primary N) is 2. The number of benzene rings is 2. The standard InChI is InChI=1S/C11H17NO.C8H11NO/c1-9(2)7-13-8-10-5-3-4-6-11(10)12;1-10-6-7-4-2-3-5-8(7)9/h3-6,9H,7-8,12H2,1-2H3;2-5H,6,9H2,1H3. The summed E-state index contributed by atoms with van der Waals surface area (Å²) in [6.45, 7) is 6.26. The minimum absolute atomic E-state index is 0.574. The number of hydrogen-bond donors (Lipinski definition) is 2. The van der Waals surface area contributed by atoms with Crippen LogP contribution in [-0.4, -0.2) is 13.7 Å². The van der Waals surface area contributed by atoms with Crippen molar-refractivity contribution in [1.82, 2.24) is 0 Å². The van der Waals surface area contributed by atoms with Crippen LogP contribution in [0.1, 0.15) is 25.0 Å². The maximum absolute atomic E-state index is 5.76. The van der Waals surface area contributed by atoms with Crippen molar-refractivity contribution in [2.24, 2.45) is 5.92 Å². The fourth-order valence-corrected chi connectivity index (χ4v) is 1.89. The van der Waals surface area contributed by atoms with Crippen molar-refractivity contribution in [1.29, 1.82) is 0 Å². The van der Waals surface area contributed by atoms with Crippen LogP contribution in [0.4, 0.5) is 11.4 Å². The Balaban J connectivity index is 0.000000238. The lowest BCUT2D eigenvalue weighted by Crippen LogP contribution is -2.03. The zero-order valence-electron chi connectivity index (χ0n) is 14.3. The quantitative estimate of drug-likeness (QED) is 0.794. The summed E-state index contributed by atoms with van der Waals surface area (Å²) < 4.78 is 10.4. The van der Waals surface area contributed by atoms with Gasteiger partial charge in [-0.1, -0.05) is 50.2 Å². The van der Waals surface area contributed by atoms with E-state index in [2.05, 4.69) is 13.8 Å². The van der Waals surface area contributed by atoms with Gasteiger partial charge in [-0.25, -0.2) is 0 Å². The van der Waals surface area contributed by atoms with Gasteiger partial charge in [0.05, 0.1) is 13.2 Å². The molecule has 0 fully saturated rings. The van der Waals surface area contributed by atoms with E-state index in [1.54, 1.807) is 7.11 Å². The fraction of sp³-hybridized carbons (Fsp3) is 0.368. The van der Waals surface area contributed by atoms with Crippen LogP contribution >= 0.6 is 0 Å². The number of nitrogen functional groups attached to an aromatic ring is 2. The minimum Gasteiger partial charge on any atom is -0.398 e. The van der Waals surface area contributed by atoms with Gasteiger partial charge in [0.2, 0.25) is 0 Å². The van der Waals surface area contributed by atoms with Crippen molar-refractivity contribution in [2.45, 2.75) is 27.1 Å². The van der Waals surface area contributed by atoms with Crippen LogP contribution in [0, 0.1) is 5.92 Å². The molecule has 4 heteroatoms. The molecule has 0 aliphatic heterocycles. The second kappa shape index (κ2) is 10.6. The molecule has 2 aromatic carbocycles. The summed E-state index contributed by atoms with van der Waals surface area (Å²) in [5.41, 5.74) is 15.1. The topological polar surface area (TPSA) is 70.5 Å². The Morgan fingerprint density at radius 2 is 1.30 bits per heavy atom. The van der Waals surface area contributed by atoms with Crippen LogP contribution in [0.2, 0.25) is 0 Å². The second-order valence-electron chi connectivity index (χ2n) is 5.74. The highest BCUT2D eigenvalue weighted by atomic mass is 16.5. The highest BCUT2D eigenvalue weighted by Crippen LogP contribution is 2.12. The van der Waals surface area contributed by atoms with Crippen LogP contribution in [0.25, 0.3) is 0 Å². The number of rotatable bonds is 6. The molecule has 0 amide bonds. The summed E-state index contributed by atoms with van der Waals surface area (Å²) in [5.74, 6) is 0.574. The lowest BCUT2D eigenvalue weighted by Gasteiger charge is -2.08. The maximum atomic E-state index is 5.76. The first-order valence-electron chi connectivity index (χ1n) is 7.78. The van der Waals surface area contributed by atoms with E-state index in [-0.39, 0.29) is 0 Å². The molecule has 0 heterocycles. The van der Waals surface area contributed by atoms with E-state index < -0.39 is 0 Å². The van der Waals surface area contributed by atoms with Crippen LogP contribution < -0.4 is 11.5 Å². The molecule has 0 saturated carbocycles. The van der Waals surface area contributed by atoms with Crippen LogP contribution in [0.15, 0.2) is 48.5 Å². The third kappa shape index (κ3) is 7.68. The lowest BCUT2D eigenvalue weighted by atomic mass is 10.2. The third-order valence-electron chi connectivity index (χ3n) is 3.12. The van der Waals surface area contributed by atoms with Gasteiger partial charge in [0, 0.05) is 36.2 Å². The Kier molecular flexibility index (Phi) is 8.80. The summed E-state index contributed by atoms with van der Waals surface area (Å²) >= 11 is 0. The van der Waals surface area contributed by atoms with Crippen molar-refractivity contribution in [3.8, 4) is 0 Å². The van der Waals surface area contributed by atoms with E-state index in [4.69, 9.17) is 20.9 Å². The molecular formula is C19H28N2O2. The highest BCUT2D eigenvalue weighted by Gasteiger charge is 1.98. The van der Waals surface area contributed by atoms with Crippen molar-refractivity contribution in [3.63, 3.8) is 0 Å². The van der Waals surface area contributed by atoms with E-state index in [9.17, 15) is 0 Å². The van der Waals surface area contributed by atoms with E-state index in [1.807, 2.05) is 48.5 Å². The van der Waals surface area contributed by atoms with Gasteiger partial charge in [-0.15, -0.1) is 0 Å². The average Bonchev–Trinajstić information content (AvgIpc) is 2.52. The van der Waals surface area contributed by atoms with E-state index in [1.165, 1.54) is 0 Å². The Bertz CT molecular complexity index is 571. The van der Waals surface area contributed by atoms with Gasteiger partial charge in [-0.05, 0) is 18.1 Å². The molecule has 2 aromatic rings. The van der Waals surface area contributed by atoms with Gasteiger partial charge in [-0.2, -0.15) is 0 Å². The van der Waals surface area contributed by atoms with Gasteiger partial charge >= 0.3 is 0 Å². The first-order valence-corrected chi connectivity index (χ1v) is 7.78. The normalized spacial score (nSPS) is 10.3. The van der Waals surface area contributed by atoms with Crippen molar-refractivity contribution < 1.29 is 9.47 Å². The molecule has 0 aliphatic carbocycles. The molecule has 4 nitrogen and oxygen atoms in total. The monoisotopic (exact) mass is 316 g/mol. The fourth-order valence-electron chi connectivity index (χ4n) is 1.89. The predicted molar refractivity (Wildman–Crippen MR) is 96.9 cm³/mol. The van der Waals surface area contributed by atoms with Crippen molar-refractivity contribution in [3.05, 3.63) is 59.7 Å². The lowest BCUT2D eigenvalue weighted by molar-refractivity contribution is 0.0974. The number of para-hydroxylation sites is 2. The Hall–Kier alpha value is -2.04. The van der Waals surface area contributed by atoms with Crippen LogP contribution in [-0.2, 0) is 22.7 Å². The number of methoxy groups -OCH3 is 1. The van der Waals surface area contributed by atoms with E-state index in [0.29, 0.717) is 19.1 Å². The van der Waals surface area contributed by atoms with E-state index in [0.717, 1.165) is 29.1 Å². The second-order valence-corrected chi connectivity index (χ2v) is 5.74. The summed E-state index contributed by atoms with van der Waals surface area (Å²) in [6, 6.07) is 15.5. The SMILES string of the molecule is CC(C)COCc1ccccc1N.COCc1ccccc1N. The summed E-state index contributed by atoms with van der Waals surface area (Å²) in [5, 5.41) is 0. The molecule has 0 aromatic heterocycles. The molecule has 0 radical (unpaired) electrons. The first kappa shape index (κ1) is 19.0. The average molecular weight is 316 g/mol. The molecule has 0 saturated heterocycles. The van der Waals surface area contributed by atoms with E-state index >= 15 is 0 Å². The van der Waals surface area contributed by atoms with Gasteiger partial charge in [-0.3, -0.25) is 0 Å². The molecular weight excluding hydrogens is 288 g/mol. The molecule has 0 unspecified atom stereocenters. The molecule has 2 rings (SSSR count). The molecule has 0 bridgehead atoms. The van der Waals surface area contributed by atoms with Gasteiger partial charge in [0.25, 0.3) is 0 Å². The van der Waals surface area contributed by atoms with Crippen molar-refractivity contribution >= 4 is 11.4 Å². The van der Waals surface area contributed by atoms with Gasteiger partial charge in [0.1, 0.15) is 0 Å². The Morgan fingerprint density at radius 1 is 0.826 bits per heavy atom. The number of hydrogen-bond acceptors (Lipinski definition) is 4. The highest BCUT2D eigenvalue weighted by molar-refractivity contribution is 5.46. The molecule has 126 valence electrons. The number of anilines is 2. The first-order chi connectivity index (χ1) is 11.0. The molecule has 23 heavy (non-hydrogen) atoms. The molecule has 0 atom stereocenters. The van der Waals surface area contributed by atoms with Gasteiger partial charge < -0.3 is 20.9 Å². The molecule has 0 aliphatic rings. The Morgan fingerprint density at radius 3 is 1.74 bits per heavy atom. The van der Waals surface area contributed by atoms with Gasteiger partial charge in [0.15, 0.2) is 0 Å². The smallest absolute Gasteiger partial charge is 0.0736 e. The largest absolute Gasteiger partial charge is 0.398 e. The summed E-state index contributed by atoms with van der Waals surface area (Å²) in [6.07, 6.45) is 0. The van der Waals surface area contributed by atoms with Crippen LogP contribution in [0.3, 0.4) is 0 Å². The predicted octanol–water partition coefficient (Wildman–Crippen LogP) is 3.86. The summed E-state index contributed by atoms with van der Waals surface area (Å²) in [7, 11) is 1.66. The molecule has 0 spiro atoms. The zero-order chi connectivity index (χ0) is 17.1. The Labute approximate surface area is 139 Å².